The summed E-state index contributed by atoms with van der Waals surface area (Å²) in [6.07, 6.45) is 2.10. The minimum Gasteiger partial charge on any atom is -0.459 e. The summed E-state index contributed by atoms with van der Waals surface area (Å²) < 4.78 is 17.8. The Morgan fingerprint density at radius 1 is 0.970 bits per heavy atom. The minimum atomic E-state index is -1.07. The highest BCUT2D eigenvalue weighted by Gasteiger charge is 2.21. The van der Waals surface area contributed by atoms with Crippen molar-refractivity contribution in [2.24, 2.45) is 7.05 Å². The van der Waals surface area contributed by atoms with Gasteiger partial charge in [-0.05, 0) is 44.5 Å². The zero-order valence-electron chi connectivity index (χ0n) is 18.9. The second kappa shape index (κ2) is 10.2. The van der Waals surface area contributed by atoms with Crippen molar-refractivity contribution >= 4 is 34.7 Å². The SMILES string of the molecule is Cc1nc2cc(C3C/C=C/C(=O)O[C@@H](C)C(=O)/C=C/C(=O)O[C@@H](C)CC(=O)O3)ccc2n1C. The van der Waals surface area contributed by atoms with E-state index in [0.717, 1.165) is 29.0 Å². The molecular formula is C24H26N2O7. The number of rotatable bonds is 1. The van der Waals surface area contributed by atoms with Gasteiger partial charge in [0.2, 0.25) is 0 Å². The predicted molar refractivity (Wildman–Crippen MR) is 118 cm³/mol. The fourth-order valence-electron chi connectivity index (χ4n) is 3.36. The van der Waals surface area contributed by atoms with E-state index in [9.17, 15) is 19.2 Å². The molecule has 0 aliphatic carbocycles. The van der Waals surface area contributed by atoms with Crippen LogP contribution >= 0.6 is 0 Å². The lowest BCUT2D eigenvalue weighted by Gasteiger charge is -2.19. The average Bonchev–Trinajstić information content (AvgIpc) is 3.03. The van der Waals surface area contributed by atoms with E-state index in [1.165, 1.54) is 19.1 Å². The van der Waals surface area contributed by atoms with Crippen LogP contribution in [-0.4, -0.2) is 45.5 Å². The van der Waals surface area contributed by atoms with E-state index in [2.05, 4.69) is 4.98 Å². The van der Waals surface area contributed by atoms with Crippen LogP contribution in [0.25, 0.3) is 11.0 Å². The maximum Gasteiger partial charge on any atom is 0.331 e. The van der Waals surface area contributed by atoms with E-state index < -0.39 is 42.0 Å². The van der Waals surface area contributed by atoms with Gasteiger partial charge in [-0.3, -0.25) is 9.59 Å². The van der Waals surface area contributed by atoms with Crippen LogP contribution in [-0.2, 0) is 40.4 Å². The van der Waals surface area contributed by atoms with Crippen LogP contribution in [0.5, 0.6) is 0 Å². The van der Waals surface area contributed by atoms with E-state index in [0.29, 0.717) is 5.56 Å². The van der Waals surface area contributed by atoms with Crippen molar-refractivity contribution in [2.45, 2.75) is 51.9 Å². The first-order valence-electron chi connectivity index (χ1n) is 10.6. The van der Waals surface area contributed by atoms with Gasteiger partial charge in [0.25, 0.3) is 0 Å². The van der Waals surface area contributed by atoms with Crippen LogP contribution in [0.2, 0.25) is 0 Å². The summed E-state index contributed by atoms with van der Waals surface area (Å²) in [5.74, 6) is -1.82. The zero-order chi connectivity index (χ0) is 24.1. The number of hydrogen-bond donors (Lipinski definition) is 0. The van der Waals surface area contributed by atoms with Gasteiger partial charge in [0.15, 0.2) is 11.9 Å². The molecule has 3 atom stereocenters. The van der Waals surface area contributed by atoms with E-state index in [4.69, 9.17) is 14.2 Å². The van der Waals surface area contributed by atoms with Crippen LogP contribution in [0.4, 0.5) is 0 Å². The quantitative estimate of drug-likeness (QED) is 0.477. The molecule has 3 rings (SSSR count). The molecule has 0 amide bonds. The number of cyclic esters (lactones) is 3. The van der Waals surface area contributed by atoms with Crippen molar-refractivity contribution in [2.75, 3.05) is 0 Å². The molecule has 9 heteroatoms. The number of nitrogens with zero attached hydrogens (tertiary/aromatic N) is 2. The second-order valence-corrected chi connectivity index (χ2v) is 7.85. The molecule has 0 spiro atoms. The fraction of sp³-hybridized carbons (Fsp3) is 0.375. The third kappa shape index (κ3) is 6.15. The van der Waals surface area contributed by atoms with Crippen molar-refractivity contribution in [3.63, 3.8) is 0 Å². The largest absolute Gasteiger partial charge is 0.459 e. The fourth-order valence-corrected chi connectivity index (χ4v) is 3.36. The monoisotopic (exact) mass is 454 g/mol. The average molecular weight is 454 g/mol. The molecule has 1 aliphatic heterocycles. The van der Waals surface area contributed by atoms with Crippen LogP contribution in [0, 0.1) is 6.92 Å². The van der Waals surface area contributed by atoms with Gasteiger partial charge in [0, 0.05) is 25.6 Å². The van der Waals surface area contributed by atoms with Gasteiger partial charge in [-0.15, -0.1) is 0 Å². The number of aromatic nitrogens is 2. The van der Waals surface area contributed by atoms with Crippen molar-refractivity contribution in [1.29, 1.82) is 0 Å². The number of esters is 3. The Hall–Kier alpha value is -3.75. The Balaban J connectivity index is 1.88. The molecule has 33 heavy (non-hydrogen) atoms. The topological polar surface area (TPSA) is 114 Å². The molecule has 1 aromatic carbocycles. The summed E-state index contributed by atoms with van der Waals surface area (Å²) in [7, 11) is 1.91. The molecule has 0 saturated heterocycles. The highest BCUT2D eigenvalue weighted by atomic mass is 16.6. The summed E-state index contributed by atoms with van der Waals surface area (Å²) in [4.78, 5) is 53.0. The van der Waals surface area contributed by atoms with Gasteiger partial charge in [-0.2, -0.15) is 0 Å². The van der Waals surface area contributed by atoms with Gasteiger partial charge in [0.1, 0.15) is 18.0 Å². The molecule has 1 aromatic heterocycles. The standard InChI is InChI=1S/C24H26N2O7/c1-14-12-24(30)33-21(17-8-9-19-18(13-17)25-16(3)26(19)4)6-5-7-22(28)32-15(2)20(27)10-11-23(29)31-14/h5,7-11,13-15,21H,6,12H2,1-4H3/b7-5+,11-10+/t14-,15-,21?/m0/s1. The van der Waals surface area contributed by atoms with E-state index in [-0.39, 0.29) is 12.8 Å². The third-order valence-corrected chi connectivity index (χ3v) is 5.23. The van der Waals surface area contributed by atoms with Gasteiger partial charge in [-0.1, -0.05) is 12.1 Å². The number of carbonyl (C=O) groups excluding carboxylic acids is 4. The Morgan fingerprint density at radius 2 is 1.70 bits per heavy atom. The summed E-state index contributed by atoms with van der Waals surface area (Å²) in [5.41, 5.74) is 2.38. The van der Waals surface area contributed by atoms with Gasteiger partial charge in [0.05, 0.1) is 17.5 Å². The van der Waals surface area contributed by atoms with Crippen LogP contribution in [0.15, 0.2) is 42.5 Å². The summed E-state index contributed by atoms with van der Waals surface area (Å²) in [6, 6.07) is 5.56. The molecule has 0 radical (unpaired) electrons. The Labute approximate surface area is 191 Å². The maximum atomic E-state index is 12.5. The smallest absolute Gasteiger partial charge is 0.331 e. The molecule has 2 aromatic rings. The molecule has 2 heterocycles. The highest BCUT2D eigenvalue weighted by molar-refractivity contribution is 5.99. The Bertz CT molecular complexity index is 1150. The lowest BCUT2D eigenvalue weighted by Crippen LogP contribution is -2.23. The number of hydrogen-bond acceptors (Lipinski definition) is 8. The van der Waals surface area contributed by atoms with Gasteiger partial charge in [-0.25, -0.2) is 14.6 Å². The first-order valence-corrected chi connectivity index (χ1v) is 10.6. The van der Waals surface area contributed by atoms with Crippen LogP contribution in [0.1, 0.15) is 44.2 Å². The van der Waals surface area contributed by atoms with Crippen LogP contribution in [0.3, 0.4) is 0 Å². The lowest BCUT2D eigenvalue weighted by molar-refractivity contribution is -0.155. The summed E-state index contributed by atoms with van der Waals surface area (Å²) in [5, 5.41) is 0. The molecular weight excluding hydrogens is 428 g/mol. The normalized spacial score (nSPS) is 25.3. The second-order valence-electron chi connectivity index (χ2n) is 7.85. The molecule has 1 aliphatic rings. The minimum absolute atomic E-state index is 0.170. The first-order chi connectivity index (χ1) is 15.6. The highest BCUT2D eigenvalue weighted by Crippen LogP contribution is 2.27. The summed E-state index contributed by atoms with van der Waals surface area (Å²) in [6.45, 7) is 4.86. The zero-order valence-corrected chi connectivity index (χ0v) is 18.9. The molecule has 0 saturated carbocycles. The van der Waals surface area contributed by atoms with E-state index >= 15 is 0 Å². The molecule has 0 fully saturated rings. The molecule has 0 N–H and O–H groups in total. The molecule has 1 unspecified atom stereocenters. The Kier molecular flexibility index (Phi) is 7.42. The number of ether oxygens (including phenoxy) is 3. The van der Waals surface area contributed by atoms with Gasteiger partial charge >= 0.3 is 17.9 Å². The number of benzene rings is 1. The predicted octanol–water partition coefficient (Wildman–Crippen LogP) is 2.80. The third-order valence-electron chi connectivity index (χ3n) is 5.23. The number of fused-ring (bicyclic) bond motifs is 1. The van der Waals surface area contributed by atoms with E-state index in [1.807, 2.05) is 36.7 Å². The van der Waals surface area contributed by atoms with Gasteiger partial charge < -0.3 is 18.8 Å². The molecule has 174 valence electrons. The number of carbonyl (C=O) groups is 4. The molecule has 9 nitrogen and oxygen atoms in total. The van der Waals surface area contributed by atoms with Crippen LogP contribution < -0.4 is 0 Å². The summed E-state index contributed by atoms with van der Waals surface area (Å²) >= 11 is 0. The number of imidazole rings is 1. The van der Waals surface area contributed by atoms with Crippen molar-refractivity contribution in [3.05, 3.63) is 53.9 Å². The number of aryl methyl sites for hydroxylation is 2. The lowest BCUT2D eigenvalue weighted by atomic mass is 10.0. The first kappa shape index (κ1) is 23.9. The van der Waals surface area contributed by atoms with Crippen molar-refractivity contribution < 1.29 is 33.4 Å². The Morgan fingerprint density at radius 3 is 2.45 bits per heavy atom. The van der Waals surface area contributed by atoms with Crippen molar-refractivity contribution in [1.82, 2.24) is 9.55 Å². The maximum absolute atomic E-state index is 12.5. The van der Waals surface area contributed by atoms with Crippen molar-refractivity contribution in [3.8, 4) is 0 Å². The van der Waals surface area contributed by atoms with E-state index in [1.54, 1.807) is 6.92 Å². The molecule has 0 bridgehead atoms. The number of ketones is 1.